The van der Waals surface area contributed by atoms with Gasteiger partial charge in [0.2, 0.25) is 0 Å². The van der Waals surface area contributed by atoms with E-state index in [4.69, 9.17) is 0 Å². The summed E-state index contributed by atoms with van der Waals surface area (Å²) in [5.41, 5.74) is 3.67. The van der Waals surface area contributed by atoms with Crippen molar-refractivity contribution in [1.82, 2.24) is 4.90 Å². The molecule has 0 saturated carbocycles. The van der Waals surface area contributed by atoms with Crippen molar-refractivity contribution in [2.24, 2.45) is 0 Å². The van der Waals surface area contributed by atoms with E-state index >= 15 is 0 Å². The van der Waals surface area contributed by atoms with Crippen LogP contribution in [0.3, 0.4) is 0 Å². The van der Waals surface area contributed by atoms with Gasteiger partial charge in [0.05, 0.1) is 8.66 Å². The predicted molar refractivity (Wildman–Crippen MR) is 83.7 cm³/mol. The van der Waals surface area contributed by atoms with E-state index in [1.54, 1.807) is 4.90 Å². The Labute approximate surface area is 126 Å². The van der Waals surface area contributed by atoms with E-state index in [-0.39, 0.29) is 5.91 Å². The van der Waals surface area contributed by atoms with Gasteiger partial charge in [-0.15, -0.1) is 11.3 Å². The van der Waals surface area contributed by atoms with Crippen LogP contribution in [0.25, 0.3) is 0 Å². The minimum absolute atomic E-state index is 0.0654. The van der Waals surface area contributed by atoms with E-state index in [2.05, 4.69) is 48.0 Å². The molecule has 1 amide bonds. The van der Waals surface area contributed by atoms with Crippen LogP contribution >= 0.6 is 27.3 Å². The molecular formula is C15H16BrNOS. The van der Waals surface area contributed by atoms with Crippen molar-refractivity contribution in [3.05, 3.63) is 55.7 Å². The minimum atomic E-state index is 0.0654. The van der Waals surface area contributed by atoms with Gasteiger partial charge in [-0.1, -0.05) is 23.8 Å². The summed E-state index contributed by atoms with van der Waals surface area (Å²) in [5, 5.41) is 0. The van der Waals surface area contributed by atoms with E-state index in [9.17, 15) is 4.79 Å². The normalized spacial score (nSPS) is 10.5. The fraction of sp³-hybridized carbons (Fsp3) is 0.267. The molecule has 0 atom stereocenters. The molecule has 0 aliphatic rings. The molecule has 0 radical (unpaired) electrons. The number of rotatable bonds is 3. The number of carbonyl (C=O) groups is 1. The van der Waals surface area contributed by atoms with Crippen molar-refractivity contribution in [1.29, 1.82) is 0 Å². The van der Waals surface area contributed by atoms with Crippen LogP contribution in [0.5, 0.6) is 0 Å². The molecule has 0 fully saturated rings. The molecule has 2 nitrogen and oxygen atoms in total. The summed E-state index contributed by atoms with van der Waals surface area (Å²) in [6.45, 7) is 4.80. The van der Waals surface area contributed by atoms with Gasteiger partial charge in [0.25, 0.3) is 5.91 Å². The van der Waals surface area contributed by atoms with Crippen molar-refractivity contribution < 1.29 is 4.79 Å². The number of hydrogen-bond acceptors (Lipinski definition) is 2. The molecule has 0 bridgehead atoms. The van der Waals surface area contributed by atoms with Crippen molar-refractivity contribution >= 4 is 33.2 Å². The van der Waals surface area contributed by atoms with E-state index in [1.807, 2.05) is 19.2 Å². The second kappa shape index (κ2) is 5.88. The number of thiophene rings is 1. The maximum absolute atomic E-state index is 12.3. The van der Waals surface area contributed by atoms with Crippen molar-refractivity contribution in [2.75, 3.05) is 7.05 Å². The zero-order valence-electron chi connectivity index (χ0n) is 11.2. The molecule has 1 aromatic heterocycles. The second-order valence-electron chi connectivity index (χ2n) is 4.69. The van der Waals surface area contributed by atoms with Crippen LogP contribution < -0.4 is 0 Å². The average molecular weight is 338 g/mol. The summed E-state index contributed by atoms with van der Waals surface area (Å²) in [7, 11) is 1.84. The van der Waals surface area contributed by atoms with Gasteiger partial charge in [-0.25, -0.2) is 0 Å². The Balaban J connectivity index is 2.12. The van der Waals surface area contributed by atoms with Gasteiger partial charge < -0.3 is 4.90 Å². The summed E-state index contributed by atoms with van der Waals surface area (Å²) in [6, 6.07) is 10.1. The fourth-order valence-electron chi connectivity index (χ4n) is 1.97. The monoisotopic (exact) mass is 337 g/mol. The third-order valence-corrected chi connectivity index (χ3v) is 4.65. The summed E-state index contributed by atoms with van der Waals surface area (Å²) in [5.74, 6) is 0.0654. The van der Waals surface area contributed by atoms with Crippen LogP contribution in [-0.4, -0.2) is 17.9 Å². The molecule has 0 saturated heterocycles. The molecule has 1 aromatic carbocycles. The lowest BCUT2D eigenvalue weighted by Gasteiger charge is -2.18. The molecular weight excluding hydrogens is 322 g/mol. The van der Waals surface area contributed by atoms with E-state index in [0.29, 0.717) is 6.54 Å². The number of aryl methyl sites for hydroxylation is 2. The van der Waals surface area contributed by atoms with E-state index < -0.39 is 0 Å². The minimum Gasteiger partial charge on any atom is -0.337 e. The summed E-state index contributed by atoms with van der Waals surface area (Å²) in [4.78, 5) is 14.8. The third kappa shape index (κ3) is 3.45. The topological polar surface area (TPSA) is 20.3 Å². The van der Waals surface area contributed by atoms with Gasteiger partial charge in [-0.05, 0) is 53.0 Å². The molecule has 100 valence electrons. The van der Waals surface area contributed by atoms with Crippen LogP contribution in [0.4, 0.5) is 0 Å². The zero-order chi connectivity index (χ0) is 14.0. The van der Waals surface area contributed by atoms with Crippen molar-refractivity contribution in [2.45, 2.75) is 20.4 Å². The van der Waals surface area contributed by atoms with Gasteiger partial charge in [0.1, 0.15) is 0 Å². The highest BCUT2D eigenvalue weighted by Gasteiger charge is 2.14. The molecule has 2 aromatic rings. The Morgan fingerprint density at radius 2 is 2.00 bits per heavy atom. The highest BCUT2D eigenvalue weighted by molar-refractivity contribution is 9.11. The lowest BCUT2D eigenvalue weighted by atomic mass is 10.1. The first-order valence-corrected chi connectivity index (χ1v) is 7.65. The summed E-state index contributed by atoms with van der Waals surface area (Å²) in [6.07, 6.45) is 0. The Kier molecular flexibility index (Phi) is 4.42. The Morgan fingerprint density at radius 3 is 2.58 bits per heavy atom. The molecule has 2 rings (SSSR count). The van der Waals surface area contributed by atoms with Crippen LogP contribution in [0.1, 0.15) is 26.4 Å². The average Bonchev–Trinajstić information content (AvgIpc) is 2.78. The molecule has 0 aliphatic heterocycles. The maximum Gasteiger partial charge on any atom is 0.264 e. The van der Waals surface area contributed by atoms with Gasteiger partial charge in [0, 0.05) is 13.6 Å². The molecule has 0 unspecified atom stereocenters. The summed E-state index contributed by atoms with van der Waals surface area (Å²) < 4.78 is 0.982. The standard InChI is InChI=1S/C15H16BrNOS/c1-10-4-5-12(11(2)8-10)9-17(3)15(18)13-6-7-14(16)19-13/h4-8H,9H2,1-3H3. The lowest BCUT2D eigenvalue weighted by Crippen LogP contribution is -2.25. The highest BCUT2D eigenvalue weighted by Crippen LogP contribution is 2.23. The molecule has 19 heavy (non-hydrogen) atoms. The first-order valence-electron chi connectivity index (χ1n) is 6.04. The van der Waals surface area contributed by atoms with Crippen LogP contribution in [0.2, 0.25) is 0 Å². The number of benzene rings is 1. The number of halogens is 1. The number of hydrogen-bond donors (Lipinski definition) is 0. The summed E-state index contributed by atoms with van der Waals surface area (Å²) >= 11 is 4.85. The molecule has 1 heterocycles. The largest absolute Gasteiger partial charge is 0.337 e. The molecule has 4 heteroatoms. The first kappa shape index (κ1) is 14.3. The fourth-order valence-corrected chi connectivity index (χ4v) is 3.35. The number of nitrogens with zero attached hydrogens (tertiary/aromatic N) is 1. The Bertz CT molecular complexity index is 606. The second-order valence-corrected chi connectivity index (χ2v) is 7.16. The lowest BCUT2D eigenvalue weighted by molar-refractivity contribution is 0.0789. The maximum atomic E-state index is 12.3. The molecule has 0 spiro atoms. The van der Waals surface area contributed by atoms with Gasteiger partial charge in [-0.2, -0.15) is 0 Å². The van der Waals surface area contributed by atoms with Gasteiger partial charge in [-0.3, -0.25) is 4.79 Å². The zero-order valence-corrected chi connectivity index (χ0v) is 13.6. The predicted octanol–water partition coefficient (Wildman–Crippen LogP) is 4.40. The van der Waals surface area contributed by atoms with Crippen LogP contribution in [-0.2, 0) is 6.54 Å². The van der Waals surface area contributed by atoms with Gasteiger partial charge in [0.15, 0.2) is 0 Å². The van der Waals surface area contributed by atoms with Crippen molar-refractivity contribution in [3.63, 3.8) is 0 Å². The van der Waals surface area contributed by atoms with E-state index in [1.165, 1.54) is 28.0 Å². The number of carbonyl (C=O) groups excluding carboxylic acids is 1. The third-order valence-electron chi connectivity index (χ3n) is 3.04. The van der Waals surface area contributed by atoms with Gasteiger partial charge >= 0.3 is 0 Å². The highest BCUT2D eigenvalue weighted by atomic mass is 79.9. The molecule has 0 aliphatic carbocycles. The van der Waals surface area contributed by atoms with Crippen LogP contribution in [0.15, 0.2) is 34.1 Å². The SMILES string of the molecule is Cc1ccc(CN(C)C(=O)c2ccc(Br)s2)c(C)c1. The van der Waals surface area contributed by atoms with Crippen LogP contribution in [0, 0.1) is 13.8 Å². The van der Waals surface area contributed by atoms with Crippen molar-refractivity contribution in [3.8, 4) is 0 Å². The number of amides is 1. The Hall–Kier alpha value is -1.13. The van der Waals surface area contributed by atoms with E-state index in [0.717, 1.165) is 8.66 Å². The smallest absolute Gasteiger partial charge is 0.264 e. The first-order chi connectivity index (χ1) is 8.97. The quantitative estimate of drug-likeness (QED) is 0.812. The molecule has 0 N–H and O–H groups in total. The Morgan fingerprint density at radius 1 is 1.26 bits per heavy atom.